The number of halogens is 5. The van der Waals surface area contributed by atoms with E-state index in [4.69, 9.17) is 11.6 Å². The number of anilines is 1. The van der Waals surface area contributed by atoms with Crippen molar-refractivity contribution in [3.8, 4) is 5.75 Å². The first-order valence-corrected chi connectivity index (χ1v) is 13.3. The molecule has 1 saturated heterocycles. The Morgan fingerprint density at radius 1 is 1.22 bits per heavy atom. The van der Waals surface area contributed by atoms with Gasteiger partial charge in [0.2, 0.25) is 16.4 Å². The van der Waals surface area contributed by atoms with Crippen molar-refractivity contribution in [2.45, 2.75) is 31.0 Å². The second-order valence-corrected chi connectivity index (χ2v) is 11.0. The Labute approximate surface area is 241 Å². The standard InChI is InChI=1S/C25H18BrClF3N7O4/c26-22-33-23-36(9-17(39)32-14-4-3-12(8-13(14)27)25(28,29)30)15-5-6-24(18(15)20(40)37(23)34-22)10-35(11-24)21(41)19-16(38)2-1-7-31-19/h1-4,7-8,38H,5-6,9-11H2,(H,32,39). The SMILES string of the molecule is O=C(Cn1c2c(c(=O)n3nc(Br)nc13)C1(CC2)CN(C(=O)c2ncccc2O)C1)Nc1ccc(C(F)(F)F)cc1Cl. The maximum atomic E-state index is 13.6. The zero-order chi connectivity index (χ0) is 29.3. The minimum absolute atomic E-state index is 0.0107. The van der Waals surface area contributed by atoms with E-state index >= 15 is 0 Å². The molecule has 41 heavy (non-hydrogen) atoms. The van der Waals surface area contributed by atoms with E-state index in [9.17, 15) is 32.7 Å². The van der Waals surface area contributed by atoms with E-state index in [0.717, 1.165) is 22.7 Å². The van der Waals surface area contributed by atoms with Crippen molar-refractivity contribution in [2.24, 2.45) is 0 Å². The lowest BCUT2D eigenvalue weighted by Gasteiger charge is -2.48. The van der Waals surface area contributed by atoms with Gasteiger partial charge in [0.1, 0.15) is 12.3 Å². The number of rotatable bonds is 4. The lowest BCUT2D eigenvalue weighted by molar-refractivity contribution is -0.137. The number of pyridine rings is 1. The van der Waals surface area contributed by atoms with Gasteiger partial charge < -0.3 is 19.9 Å². The number of carbonyl (C=O) groups is 2. The van der Waals surface area contributed by atoms with Gasteiger partial charge in [-0.3, -0.25) is 14.4 Å². The van der Waals surface area contributed by atoms with Crippen LogP contribution >= 0.6 is 27.5 Å². The molecule has 0 bridgehead atoms. The second-order valence-electron chi connectivity index (χ2n) is 9.86. The number of alkyl halides is 3. The molecule has 212 valence electrons. The van der Waals surface area contributed by atoms with Crippen molar-refractivity contribution in [2.75, 3.05) is 18.4 Å². The minimum Gasteiger partial charge on any atom is -0.505 e. The molecule has 1 aromatic carbocycles. The third-order valence-corrected chi connectivity index (χ3v) is 7.98. The first kappa shape index (κ1) is 27.2. The van der Waals surface area contributed by atoms with Gasteiger partial charge in [-0.15, -0.1) is 5.10 Å². The molecule has 0 radical (unpaired) electrons. The van der Waals surface area contributed by atoms with Gasteiger partial charge in [0.25, 0.3) is 11.5 Å². The summed E-state index contributed by atoms with van der Waals surface area (Å²) >= 11 is 9.17. The zero-order valence-electron chi connectivity index (χ0n) is 20.7. The molecule has 1 spiro atoms. The minimum atomic E-state index is -4.59. The summed E-state index contributed by atoms with van der Waals surface area (Å²) in [6.07, 6.45) is -2.29. The van der Waals surface area contributed by atoms with Crippen LogP contribution in [-0.4, -0.2) is 59.1 Å². The Morgan fingerprint density at radius 2 is 1.98 bits per heavy atom. The van der Waals surface area contributed by atoms with Gasteiger partial charge >= 0.3 is 6.18 Å². The van der Waals surface area contributed by atoms with Crippen LogP contribution in [0.5, 0.6) is 5.75 Å². The van der Waals surface area contributed by atoms with Gasteiger partial charge in [-0.05, 0) is 59.1 Å². The molecule has 4 heterocycles. The molecule has 1 fully saturated rings. The van der Waals surface area contributed by atoms with Gasteiger partial charge in [-0.2, -0.15) is 22.7 Å². The molecule has 4 aromatic rings. The summed E-state index contributed by atoms with van der Waals surface area (Å²) < 4.78 is 41.7. The molecule has 2 N–H and O–H groups in total. The monoisotopic (exact) mass is 651 g/mol. The zero-order valence-corrected chi connectivity index (χ0v) is 23.1. The van der Waals surface area contributed by atoms with E-state index in [0.29, 0.717) is 24.1 Å². The molecule has 3 aromatic heterocycles. The highest BCUT2D eigenvalue weighted by Gasteiger charge is 2.53. The van der Waals surface area contributed by atoms with E-state index in [1.54, 1.807) is 0 Å². The molecule has 1 aliphatic heterocycles. The van der Waals surface area contributed by atoms with Crippen LogP contribution < -0.4 is 10.9 Å². The van der Waals surface area contributed by atoms with Gasteiger partial charge in [0.15, 0.2) is 5.69 Å². The molecule has 2 amide bonds. The molecule has 0 saturated carbocycles. The maximum Gasteiger partial charge on any atom is 0.416 e. The van der Waals surface area contributed by atoms with Crippen LogP contribution in [0, 0.1) is 0 Å². The number of likely N-dealkylation sites (tertiary alicyclic amines) is 1. The lowest BCUT2D eigenvalue weighted by atomic mass is 9.75. The van der Waals surface area contributed by atoms with Crippen molar-refractivity contribution >= 4 is 50.8 Å². The van der Waals surface area contributed by atoms with Crippen molar-refractivity contribution in [3.63, 3.8) is 0 Å². The van der Waals surface area contributed by atoms with E-state index in [1.807, 2.05) is 0 Å². The molecular formula is C25H18BrClF3N7O4. The van der Waals surface area contributed by atoms with E-state index in [2.05, 4.69) is 36.3 Å². The number of hydrogen-bond donors (Lipinski definition) is 2. The average Bonchev–Trinajstić information content (AvgIpc) is 3.48. The average molecular weight is 653 g/mol. The molecule has 16 heteroatoms. The van der Waals surface area contributed by atoms with Crippen molar-refractivity contribution in [1.82, 2.24) is 29.0 Å². The number of carbonyl (C=O) groups excluding carboxylic acids is 2. The molecule has 0 atom stereocenters. The Morgan fingerprint density at radius 3 is 2.66 bits per heavy atom. The van der Waals surface area contributed by atoms with Crippen LogP contribution in [0.1, 0.15) is 33.7 Å². The Kier molecular flexibility index (Phi) is 6.33. The fourth-order valence-corrected chi connectivity index (χ4v) is 6.04. The van der Waals surface area contributed by atoms with E-state index in [-0.39, 0.29) is 52.3 Å². The quantitative estimate of drug-likeness (QED) is 0.345. The smallest absolute Gasteiger partial charge is 0.416 e. The summed E-state index contributed by atoms with van der Waals surface area (Å²) in [5.74, 6) is -1.24. The summed E-state index contributed by atoms with van der Waals surface area (Å²) in [5, 5.41) is 16.4. The fourth-order valence-electron chi connectivity index (χ4n) is 5.50. The van der Waals surface area contributed by atoms with Crippen LogP contribution in [-0.2, 0) is 29.4 Å². The number of benzene rings is 1. The summed E-state index contributed by atoms with van der Waals surface area (Å²) in [7, 11) is 0. The van der Waals surface area contributed by atoms with Crippen LogP contribution in [0.25, 0.3) is 5.78 Å². The number of fused-ring (bicyclic) bond motifs is 3. The van der Waals surface area contributed by atoms with Crippen molar-refractivity contribution in [3.05, 3.63) is 79.2 Å². The first-order valence-electron chi connectivity index (χ1n) is 12.2. The topological polar surface area (TPSA) is 135 Å². The molecule has 0 unspecified atom stereocenters. The number of nitrogens with one attached hydrogen (secondary N) is 1. The Balaban J connectivity index is 1.31. The molecule has 11 nitrogen and oxygen atoms in total. The van der Waals surface area contributed by atoms with E-state index < -0.39 is 34.5 Å². The maximum absolute atomic E-state index is 13.6. The summed E-state index contributed by atoms with van der Waals surface area (Å²) in [6.45, 7) is 0.0484. The van der Waals surface area contributed by atoms with Gasteiger partial charge in [-0.1, -0.05) is 11.6 Å². The molecule has 1 aliphatic carbocycles. The second kappa shape index (κ2) is 9.55. The lowest BCUT2D eigenvalue weighted by Crippen LogP contribution is -2.62. The van der Waals surface area contributed by atoms with Crippen molar-refractivity contribution in [1.29, 1.82) is 0 Å². The van der Waals surface area contributed by atoms with Gasteiger partial charge in [-0.25, -0.2) is 4.98 Å². The van der Waals surface area contributed by atoms with Crippen LogP contribution in [0.3, 0.4) is 0 Å². The van der Waals surface area contributed by atoms with Crippen LogP contribution in [0.4, 0.5) is 18.9 Å². The molecule has 2 aliphatic rings. The number of hydrogen-bond acceptors (Lipinski definition) is 7. The normalized spacial score (nSPS) is 15.7. The highest BCUT2D eigenvalue weighted by atomic mass is 79.9. The van der Waals surface area contributed by atoms with Crippen LogP contribution in [0.2, 0.25) is 5.02 Å². The number of amides is 2. The third-order valence-electron chi connectivity index (χ3n) is 7.33. The van der Waals surface area contributed by atoms with Crippen molar-refractivity contribution < 1.29 is 27.9 Å². The van der Waals surface area contributed by atoms with E-state index in [1.165, 1.54) is 27.8 Å². The summed E-state index contributed by atoms with van der Waals surface area (Å²) in [4.78, 5) is 49.3. The number of aromatic nitrogens is 5. The predicted molar refractivity (Wildman–Crippen MR) is 142 cm³/mol. The molecular weight excluding hydrogens is 635 g/mol. The Hall–Kier alpha value is -3.98. The molecule has 6 rings (SSSR count). The first-order chi connectivity index (χ1) is 19.4. The largest absolute Gasteiger partial charge is 0.505 e. The van der Waals surface area contributed by atoms with Gasteiger partial charge in [0, 0.05) is 36.0 Å². The summed E-state index contributed by atoms with van der Waals surface area (Å²) in [5.41, 5.74) is -1.24. The fraction of sp³-hybridized carbons (Fsp3) is 0.280. The van der Waals surface area contributed by atoms with Crippen LogP contribution in [0.15, 0.2) is 46.1 Å². The predicted octanol–water partition coefficient (Wildman–Crippen LogP) is 3.41. The highest BCUT2D eigenvalue weighted by molar-refractivity contribution is 9.10. The number of nitrogens with zero attached hydrogens (tertiary/aromatic N) is 6. The highest BCUT2D eigenvalue weighted by Crippen LogP contribution is 2.45. The summed E-state index contributed by atoms with van der Waals surface area (Å²) in [6, 6.07) is 5.46. The third kappa shape index (κ3) is 4.52. The number of aromatic hydroxyl groups is 1. The van der Waals surface area contributed by atoms with Gasteiger partial charge in [0.05, 0.1) is 16.3 Å². The Bertz CT molecular complexity index is 1820.